The highest BCUT2D eigenvalue weighted by Gasteiger charge is 2.32. The lowest BCUT2D eigenvalue weighted by molar-refractivity contribution is -0.120. The number of hydrazone groups is 1. The summed E-state index contributed by atoms with van der Waals surface area (Å²) < 4.78 is 5.10. The summed E-state index contributed by atoms with van der Waals surface area (Å²) in [6, 6.07) is 12.6. The second-order valence-electron chi connectivity index (χ2n) is 4.65. The molecule has 0 bridgehead atoms. The zero-order valence-corrected chi connectivity index (χ0v) is 11.5. The summed E-state index contributed by atoms with van der Waals surface area (Å²) in [6.07, 6.45) is 4.39. The van der Waals surface area contributed by atoms with Gasteiger partial charge in [0.05, 0.1) is 6.26 Å². The van der Waals surface area contributed by atoms with E-state index >= 15 is 0 Å². The number of hydrogen-bond donors (Lipinski definition) is 2. The fourth-order valence-electron chi connectivity index (χ4n) is 2.14. The Hall–Kier alpha value is -3.15. The number of furan rings is 1. The first-order valence-electron chi connectivity index (χ1n) is 6.69. The SMILES string of the molecule is O=C(/C=C\c1ccco1)NC1=NNC(=O)[C@H]1c1ccccc1. The van der Waals surface area contributed by atoms with Crippen LogP contribution >= 0.6 is 0 Å². The molecule has 1 aliphatic heterocycles. The number of hydrogen-bond acceptors (Lipinski definition) is 4. The number of amides is 2. The summed E-state index contributed by atoms with van der Waals surface area (Å²) >= 11 is 0. The number of carbonyl (C=O) groups is 2. The molecule has 1 atom stereocenters. The van der Waals surface area contributed by atoms with Crippen molar-refractivity contribution in [3.63, 3.8) is 0 Å². The van der Waals surface area contributed by atoms with Crippen molar-refractivity contribution in [2.24, 2.45) is 5.10 Å². The number of benzene rings is 1. The minimum atomic E-state index is -0.609. The first-order valence-corrected chi connectivity index (χ1v) is 6.69. The average Bonchev–Trinajstić information content (AvgIpc) is 3.16. The van der Waals surface area contributed by atoms with Crippen LogP contribution in [-0.2, 0) is 9.59 Å². The molecule has 1 aromatic carbocycles. The molecule has 0 fully saturated rings. The first-order chi connectivity index (χ1) is 10.7. The molecule has 0 radical (unpaired) electrons. The third kappa shape index (κ3) is 2.95. The summed E-state index contributed by atoms with van der Waals surface area (Å²) in [6.45, 7) is 0. The summed E-state index contributed by atoms with van der Waals surface area (Å²) in [5, 5.41) is 6.51. The van der Waals surface area contributed by atoms with Gasteiger partial charge >= 0.3 is 0 Å². The Morgan fingerprint density at radius 3 is 2.77 bits per heavy atom. The minimum Gasteiger partial charge on any atom is -0.465 e. The van der Waals surface area contributed by atoms with Crippen LogP contribution in [0.2, 0.25) is 0 Å². The Bertz CT molecular complexity index is 733. The number of carbonyl (C=O) groups excluding carboxylic acids is 2. The molecule has 6 heteroatoms. The van der Waals surface area contributed by atoms with Gasteiger partial charge in [0.2, 0.25) is 5.91 Å². The van der Waals surface area contributed by atoms with Crippen molar-refractivity contribution in [3.05, 3.63) is 66.1 Å². The van der Waals surface area contributed by atoms with Crippen molar-refractivity contribution in [2.75, 3.05) is 0 Å². The van der Waals surface area contributed by atoms with Crippen LogP contribution < -0.4 is 10.7 Å². The van der Waals surface area contributed by atoms with Crippen LogP contribution in [0.1, 0.15) is 17.2 Å². The lowest BCUT2D eigenvalue weighted by Gasteiger charge is -2.10. The van der Waals surface area contributed by atoms with E-state index in [9.17, 15) is 9.59 Å². The van der Waals surface area contributed by atoms with E-state index in [1.54, 1.807) is 12.1 Å². The third-order valence-corrected chi connectivity index (χ3v) is 3.15. The van der Waals surface area contributed by atoms with E-state index < -0.39 is 5.92 Å². The van der Waals surface area contributed by atoms with Crippen molar-refractivity contribution >= 4 is 23.7 Å². The van der Waals surface area contributed by atoms with Gasteiger partial charge < -0.3 is 9.73 Å². The van der Waals surface area contributed by atoms with E-state index in [1.807, 2.05) is 30.3 Å². The zero-order valence-electron chi connectivity index (χ0n) is 11.5. The minimum absolute atomic E-state index is 0.267. The molecule has 3 rings (SSSR count). The number of rotatable bonds is 3. The van der Waals surface area contributed by atoms with Crippen LogP contribution in [0.3, 0.4) is 0 Å². The van der Waals surface area contributed by atoms with Gasteiger partial charge in [-0.1, -0.05) is 30.3 Å². The van der Waals surface area contributed by atoms with Crippen molar-refractivity contribution in [3.8, 4) is 0 Å². The largest absolute Gasteiger partial charge is 0.465 e. The van der Waals surface area contributed by atoms with E-state index in [0.29, 0.717) is 5.76 Å². The van der Waals surface area contributed by atoms with Gasteiger partial charge in [0.25, 0.3) is 5.91 Å². The number of amidine groups is 1. The lowest BCUT2D eigenvalue weighted by atomic mass is 9.98. The molecule has 6 nitrogen and oxygen atoms in total. The van der Waals surface area contributed by atoms with Gasteiger partial charge in [-0.05, 0) is 23.8 Å². The molecule has 1 aliphatic rings. The molecule has 0 aliphatic carbocycles. The molecule has 2 N–H and O–H groups in total. The molecule has 2 amide bonds. The molecule has 2 aromatic rings. The van der Waals surface area contributed by atoms with Crippen LogP contribution in [0, 0.1) is 0 Å². The molecular formula is C16H13N3O3. The fourth-order valence-corrected chi connectivity index (χ4v) is 2.14. The van der Waals surface area contributed by atoms with Crippen molar-refractivity contribution < 1.29 is 14.0 Å². The Balaban J connectivity index is 1.71. The highest BCUT2D eigenvalue weighted by molar-refractivity contribution is 6.17. The molecular weight excluding hydrogens is 282 g/mol. The molecule has 0 saturated heterocycles. The van der Waals surface area contributed by atoms with Crippen molar-refractivity contribution in [2.45, 2.75) is 5.92 Å². The highest BCUT2D eigenvalue weighted by Crippen LogP contribution is 2.20. The van der Waals surface area contributed by atoms with Crippen LogP contribution in [-0.4, -0.2) is 17.6 Å². The van der Waals surface area contributed by atoms with E-state index in [4.69, 9.17) is 4.42 Å². The molecule has 2 heterocycles. The maximum absolute atomic E-state index is 11.9. The predicted octanol–water partition coefficient (Wildman–Crippen LogP) is 1.64. The Morgan fingerprint density at radius 2 is 2.05 bits per heavy atom. The molecule has 110 valence electrons. The highest BCUT2D eigenvalue weighted by atomic mass is 16.3. The number of nitrogens with one attached hydrogen (secondary N) is 2. The fraction of sp³-hybridized carbons (Fsp3) is 0.0625. The zero-order chi connectivity index (χ0) is 15.4. The predicted molar refractivity (Wildman–Crippen MR) is 80.6 cm³/mol. The monoisotopic (exact) mass is 295 g/mol. The Labute approximate surface area is 126 Å². The van der Waals surface area contributed by atoms with E-state index in [0.717, 1.165) is 5.56 Å². The van der Waals surface area contributed by atoms with E-state index in [-0.39, 0.29) is 17.6 Å². The lowest BCUT2D eigenvalue weighted by Crippen LogP contribution is -2.34. The second kappa shape index (κ2) is 6.09. The molecule has 22 heavy (non-hydrogen) atoms. The molecule has 1 aromatic heterocycles. The average molecular weight is 295 g/mol. The normalized spacial score (nSPS) is 17.4. The molecule has 0 saturated carbocycles. The van der Waals surface area contributed by atoms with Gasteiger partial charge in [-0.2, -0.15) is 5.10 Å². The van der Waals surface area contributed by atoms with Crippen molar-refractivity contribution in [1.29, 1.82) is 0 Å². The van der Waals surface area contributed by atoms with E-state index in [1.165, 1.54) is 18.4 Å². The van der Waals surface area contributed by atoms with Crippen molar-refractivity contribution in [1.82, 2.24) is 10.7 Å². The van der Waals surface area contributed by atoms with Crippen LogP contribution in [0.25, 0.3) is 6.08 Å². The van der Waals surface area contributed by atoms with Crippen LogP contribution in [0.5, 0.6) is 0 Å². The number of nitrogens with zero attached hydrogens (tertiary/aromatic N) is 1. The summed E-state index contributed by atoms with van der Waals surface area (Å²) in [4.78, 5) is 23.8. The quantitative estimate of drug-likeness (QED) is 0.844. The van der Waals surface area contributed by atoms with Gasteiger partial charge in [-0.25, -0.2) is 5.43 Å². The first kappa shape index (κ1) is 13.8. The summed E-state index contributed by atoms with van der Waals surface area (Å²) in [7, 11) is 0. The second-order valence-corrected chi connectivity index (χ2v) is 4.65. The molecule has 0 spiro atoms. The van der Waals surface area contributed by atoms with Crippen LogP contribution in [0.15, 0.2) is 64.3 Å². The topological polar surface area (TPSA) is 83.7 Å². The van der Waals surface area contributed by atoms with Gasteiger partial charge in [-0.15, -0.1) is 0 Å². The standard InChI is InChI=1S/C16H13N3O3/c20-13(9-8-12-7-4-10-22-12)17-15-14(16(21)19-18-15)11-5-2-1-3-6-11/h1-10,14H,(H,19,21)(H,17,18,20)/b9-8-/t14-/m0/s1. The maximum atomic E-state index is 11.9. The van der Waals surface area contributed by atoms with E-state index in [2.05, 4.69) is 15.8 Å². The van der Waals surface area contributed by atoms with Crippen LogP contribution in [0.4, 0.5) is 0 Å². The van der Waals surface area contributed by atoms with Gasteiger partial charge in [0.15, 0.2) is 0 Å². The maximum Gasteiger partial charge on any atom is 0.255 e. The summed E-state index contributed by atoms with van der Waals surface area (Å²) in [5.41, 5.74) is 3.15. The Morgan fingerprint density at radius 1 is 1.23 bits per heavy atom. The third-order valence-electron chi connectivity index (χ3n) is 3.15. The summed E-state index contributed by atoms with van der Waals surface area (Å²) in [5.74, 6) is -0.408. The Kier molecular flexibility index (Phi) is 3.82. The smallest absolute Gasteiger partial charge is 0.255 e. The van der Waals surface area contributed by atoms with Gasteiger partial charge in [0, 0.05) is 6.08 Å². The van der Waals surface area contributed by atoms with Gasteiger partial charge in [-0.3, -0.25) is 9.59 Å². The molecule has 0 unspecified atom stereocenters. The van der Waals surface area contributed by atoms with Gasteiger partial charge in [0.1, 0.15) is 17.5 Å².